The van der Waals surface area contributed by atoms with Crippen LogP contribution in [0.25, 0.3) is 6.08 Å². The van der Waals surface area contributed by atoms with Crippen LogP contribution in [0.3, 0.4) is 0 Å². The molecule has 2 aromatic rings. The van der Waals surface area contributed by atoms with Gasteiger partial charge in [0.25, 0.3) is 5.91 Å². The second kappa shape index (κ2) is 6.39. The van der Waals surface area contributed by atoms with Crippen LogP contribution in [0.2, 0.25) is 0 Å². The fourth-order valence-electron chi connectivity index (χ4n) is 3.65. The molecule has 2 aliphatic heterocycles. The van der Waals surface area contributed by atoms with E-state index < -0.39 is 0 Å². The highest BCUT2D eigenvalue weighted by Crippen LogP contribution is 2.37. The topological polar surface area (TPSA) is 55.6 Å². The first-order chi connectivity index (χ1) is 12.2. The molecule has 0 saturated carbocycles. The van der Waals surface area contributed by atoms with Crippen molar-refractivity contribution < 1.29 is 13.9 Å². The highest BCUT2D eigenvalue weighted by Gasteiger charge is 2.36. The van der Waals surface area contributed by atoms with Crippen molar-refractivity contribution in [3.05, 3.63) is 53.8 Å². The zero-order chi connectivity index (χ0) is 17.3. The SMILES string of the molecule is CCc1ocnc1C(=O)N1CCC[C@]2(C=Cc3ccccc3O2)CC1. The van der Waals surface area contributed by atoms with Crippen LogP contribution in [0, 0.1) is 0 Å². The van der Waals surface area contributed by atoms with Gasteiger partial charge in [0.05, 0.1) is 0 Å². The van der Waals surface area contributed by atoms with E-state index in [0.29, 0.717) is 24.4 Å². The lowest BCUT2D eigenvalue weighted by molar-refractivity contribution is 0.0723. The highest BCUT2D eigenvalue weighted by molar-refractivity contribution is 5.93. The van der Waals surface area contributed by atoms with Crippen molar-refractivity contribution in [2.45, 2.75) is 38.2 Å². The molecule has 4 rings (SSSR count). The van der Waals surface area contributed by atoms with E-state index in [9.17, 15) is 4.79 Å². The van der Waals surface area contributed by atoms with Crippen molar-refractivity contribution >= 4 is 12.0 Å². The van der Waals surface area contributed by atoms with Crippen molar-refractivity contribution in [1.29, 1.82) is 0 Å². The average Bonchev–Trinajstić information content (AvgIpc) is 3.04. The molecule has 3 heterocycles. The number of hydrogen-bond acceptors (Lipinski definition) is 4. The Morgan fingerprint density at radius 3 is 3.04 bits per heavy atom. The van der Waals surface area contributed by atoms with Crippen molar-refractivity contribution in [1.82, 2.24) is 9.88 Å². The van der Waals surface area contributed by atoms with E-state index in [4.69, 9.17) is 9.15 Å². The maximum Gasteiger partial charge on any atom is 0.276 e. The molecule has 1 saturated heterocycles. The number of carbonyl (C=O) groups is 1. The molecule has 2 aliphatic rings. The van der Waals surface area contributed by atoms with Gasteiger partial charge >= 0.3 is 0 Å². The molecule has 0 radical (unpaired) electrons. The number of para-hydroxylation sites is 1. The van der Waals surface area contributed by atoms with Crippen LogP contribution < -0.4 is 4.74 Å². The Morgan fingerprint density at radius 2 is 2.16 bits per heavy atom. The summed E-state index contributed by atoms with van der Waals surface area (Å²) in [4.78, 5) is 18.8. The fraction of sp³-hybridized carbons (Fsp3) is 0.400. The minimum absolute atomic E-state index is 0.0390. The van der Waals surface area contributed by atoms with Crippen molar-refractivity contribution in [3.63, 3.8) is 0 Å². The molecule has 5 heteroatoms. The Hall–Kier alpha value is -2.56. The molecule has 0 N–H and O–H groups in total. The van der Waals surface area contributed by atoms with E-state index >= 15 is 0 Å². The standard InChI is InChI=1S/C20H22N2O3/c1-2-16-18(21-14-24-16)19(23)22-12-5-9-20(11-13-22)10-8-15-6-3-4-7-17(15)25-20/h3-4,6-8,10,14H,2,5,9,11-13H2,1H3/t20-/m0/s1. The van der Waals surface area contributed by atoms with Gasteiger partial charge in [-0.15, -0.1) is 0 Å². The molecule has 25 heavy (non-hydrogen) atoms. The van der Waals surface area contributed by atoms with E-state index in [1.54, 1.807) is 0 Å². The zero-order valence-corrected chi connectivity index (χ0v) is 14.4. The second-order valence-corrected chi connectivity index (χ2v) is 6.66. The maximum atomic E-state index is 12.8. The number of aryl methyl sites for hydroxylation is 1. The predicted molar refractivity (Wildman–Crippen MR) is 94.5 cm³/mol. The number of rotatable bonds is 2. The number of benzene rings is 1. The van der Waals surface area contributed by atoms with E-state index in [1.807, 2.05) is 30.0 Å². The van der Waals surface area contributed by atoms with Gasteiger partial charge in [0.15, 0.2) is 12.1 Å². The maximum absolute atomic E-state index is 12.8. The number of hydrogen-bond donors (Lipinski definition) is 0. The van der Waals surface area contributed by atoms with Crippen molar-refractivity contribution in [2.24, 2.45) is 0 Å². The number of likely N-dealkylation sites (tertiary alicyclic amines) is 1. The van der Waals surface area contributed by atoms with Crippen LogP contribution in [-0.4, -0.2) is 34.5 Å². The van der Waals surface area contributed by atoms with Gasteiger partial charge < -0.3 is 14.1 Å². The van der Waals surface area contributed by atoms with Crippen molar-refractivity contribution in [2.75, 3.05) is 13.1 Å². The smallest absolute Gasteiger partial charge is 0.276 e. The van der Waals surface area contributed by atoms with Crippen LogP contribution in [-0.2, 0) is 6.42 Å². The number of fused-ring (bicyclic) bond motifs is 1. The molecule has 1 fully saturated rings. The van der Waals surface area contributed by atoms with Crippen LogP contribution >= 0.6 is 0 Å². The first-order valence-corrected chi connectivity index (χ1v) is 8.90. The van der Waals surface area contributed by atoms with Gasteiger partial charge in [0, 0.05) is 31.5 Å². The molecule has 0 aliphatic carbocycles. The molecule has 1 amide bonds. The Kier molecular flexibility index (Phi) is 4.07. The molecule has 5 nitrogen and oxygen atoms in total. The van der Waals surface area contributed by atoms with Crippen LogP contribution in [0.1, 0.15) is 48.0 Å². The summed E-state index contributed by atoms with van der Waals surface area (Å²) in [5.74, 6) is 1.55. The van der Waals surface area contributed by atoms with Gasteiger partial charge in [-0.3, -0.25) is 4.79 Å². The molecule has 1 aromatic carbocycles. The molecular weight excluding hydrogens is 316 g/mol. The summed E-state index contributed by atoms with van der Waals surface area (Å²) in [5, 5.41) is 0. The summed E-state index contributed by atoms with van der Waals surface area (Å²) < 4.78 is 11.7. The molecular formula is C20H22N2O3. The lowest BCUT2D eigenvalue weighted by atomic mass is 9.91. The van der Waals surface area contributed by atoms with Gasteiger partial charge in [-0.1, -0.05) is 31.2 Å². The van der Waals surface area contributed by atoms with Crippen LogP contribution in [0.15, 0.2) is 41.2 Å². The Labute approximate surface area is 147 Å². The number of carbonyl (C=O) groups excluding carboxylic acids is 1. The van der Waals surface area contributed by atoms with Crippen LogP contribution in [0.4, 0.5) is 0 Å². The first-order valence-electron chi connectivity index (χ1n) is 8.90. The fourth-order valence-corrected chi connectivity index (χ4v) is 3.65. The highest BCUT2D eigenvalue weighted by atomic mass is 16.5. The molecule has 0 bridgehead atoms. The van der Waals surface area contributed by atoms with Crippen LogP contribution in [0.5, 0.6) is 5.75 Å². The Morgan fingerprint density at radius 1 is 1.28 bits per heavy atom. The lowest BCUT2D eigenvalue weighted by Crippen LogP contribution is -2.38. The molecule has 1 atom stereocenters. The minimum atomic E-state index is -0.319. The van der Waals surface area contributed by atoms with Gasteiger partial charge in [0.1, 0.15) is 17.1 Å². The third-order valence-corrected chi connectivity index (χ3v) is 5.08. The third-order valence-electron chi connectivity index (χ3n) is 5.08. The summed E-state index contributed by atoms with van der Waals surface area (Å²) in [6.07, 6.45) is 8.91. The molecule has 130 valence electrons. The molecule has 1 spiro atoms. The van der Waals surface area contributed by atoms with Gasteiger partial charge in [-0.05, 0) is 25.0 Å². The van der Waals surface area contributed by atoms with E-state index in [-0.39, 0.29) is 11.5 Å². The number of oxazole rings is 1. The largest absolute Gasteiger partial charge is 0.483 e. The number of ether oxygens (including phenoxy) is 1. The number of aromatic nitrogens is 1. The van der Waals surface area contributed by atoms with Gasteiger partial charge in [-0.25, -0.2) is 4.98 Å². The summed E-state index contributed by atoms with van der Waals surface area (Å²) >= 11 is 0. The Bertz CT molecular complexity index is 811. The van der Waals surface area contributed by atoms with Gasteiger partial charge in [0.2, 0.25) is 0 Å². The van der Waals surface area contributed by atoms with Gasteiger partial charge in [-0.2, -0.15) is 0 Å². The van der Waals surface area contributed by atoms with E-state index in [2.05, 4.69) is 23.2 Å². The molecule has 1 aromatic heterocycles. The predicted octanol–water partition coefficient (Wildman–Crippen LogP) is 3.71. The van der Waals surface area contributed by atoms with E-state index in [1.165, 1.54) is 6.39 Å². The lowest BCUT2D eigenvalue weighted by Gasteiger charge is -2.34. The van der Waals surface area contributed by atoms with Crippen molar-refractivity contribution in [3.8, 4) is 5.75 Å². The zero-order valence-electron chi connectivity index (χ0n) is 14.4. The summed E-state index contributed by atoms with van der Waals surface area (Å²) in [6.45, 7) is 3.34. The number of amides is 1. The minimum Gasteiger partial charge on any atom is -0.483 e. The summed E-state index contributed by atoms with van der Waals surface area (Å²) in [6, 6.07) is 8.08. The normalized spacial score (nSPS) is 22.4. The summed E-state index contributed by atoms with van der Waals surface area (Å²) in [5.41, 5.74) is 1.24. The molecule has 0 unspecified atom stereocenters. The summed E-state index contributed by atoms with van der Waals surface area (Å²) in [7, 11) is 0. The third kappa shape index (κ3) is 2.95. The second-order valence-electron chi connectivity index (χ2n) is 6.66. The first kappa shape index (κ1) is 15.9. The average molecular weight is 338 g/mol. The number of nitrogens with zero attached hydrogens (tertiary/aromatic N) is 2. The van der Waals surface area contributed by atoms with E-state index in [0.717, 1.165) is 37.1 Å². The Balaban J connectivity index is 1.51. The quantitative estimate of drug-likeness (QED) is 0.838. The monoisotopic (exact) mass is 338 g/mol.